The van der Waals surface area contributed by atoms with Crippen molar-refractivity contribution in [1.82, 2.24) is 14.9 Å². The zero-order valence-electron chi connectivity index (χ0n) is 13.6. The highest BCUT2D eigenvalue weighted by molar-refractivity contribution is 5.80. The third-order valence-corrected chi connectivity index (χ3v) is 3.40. The highest BCUT2D eigenvalue weighted by atomic mass is 16.5. The second-order valence-electron chi connectivity index (χ2n) is 5.44. The van der Waals surface area contributed by atoms with E-state index in [9.17, 15) is 9.59 Å². The Bertz CT molecular complexity index is 740. The highest BCUT2D eigenvalue weighted by Crippen LogP contribution is 2.14. The second-order valence-corrected chi connectivity index (χ2v) is 5.44. The van der Waals surface area contributed by atoms with Crippen molar-refractivity contribution < 1.29 is 9.53 Å². The molecule has 1 N–H and O–H groups in total. The average molecular weight is 315 g/mol. The van der Waals surface area contributed by atoms with Gasteiger partial charge in [0.2, 0.25) is 0 Å². The Balaban J connectivity index is 1.84. The number of aryl methyl sites for hydroxylation is 2. The van der Waals surface area contributed by atoms with Crippen LogP contribution in [0, 0.1) is 13.8 Å². The summed E-state index contributed by atoms with van der Waals surface area (Å²) >= 11 is 0. The van der Waals surface area contributed by atoms with E-state index in [-0.39, 0.29) is 11.5 Å². The van der Waals surface area contributed by atoms with E-state index in [1.165, 1.54) is 17.1 Å². The zero-order valence-corrected chi connectivity index (χ0v) is 13.6. The lowest BCUT2D eigenvalue weighted by molar-refractivity contribution is -0.127. The lowest BCUT2D eigenvalue weighted by atomic mass is 10.2. The van der Waals surface area contributed by atoms with Gasteiger partial charge in [-0.25, -0.2) is 4.98 Å². The average Bonchev–Trinajstić information content (AvgIpc) is 2.51. The highest BCUT2D eigenvalue weighted by Gasteiger charge is 2.14. The van der Waals surface area contributed by atoms with Gasteiger partial charge in [-0.3, -0.25) is 14.2 Å². The third-order valence-electron chi connectivity index (χ3n) is 3.40. The first-order chi connectivity index (χ1) is 11.0. The van der Waals surface area contributed by atoms with Crippen LogP contribution < -0.4 is 15.6 Å². The van der Waals surface area contributed by atoms with E-state index in [1.807, 2.05) is 31.2 Å². The van der Waals surface area contributed by atoms with Gasteiger partial charge in [-0.15, -0.1) is 0 Å². The number of benzene rings is 1. The SMILES string of the molecule is Cc1cccc(OC(C)C(=O)NCCn2cncc(C)c2=O)c1. The van der Waals surface area contributed by atoms with Crippen LogP contribution in [0.1, 0.15) is 18.1 Å². The minimum atomic E-state index is -0.607. The van der Waals surface area contributed by atoms with Crippen molar-refractivity contribution in [3.63, 3.8) is 0 Å². The van der Waals surface area contributed by atoms with Gasteiger partial charge in [-0.2, -0.15) is 0 Å². The van der Waals surface area contributed by atoms with Crippen molar-refractivity contribution in [1.29, 1.82) is 0 Å². The molecule has 1 aromatic carbocycles. The van der Waals surface area contributed by atoms with E-state index >= 15 is 0 Å². The van der Waals surface area contributed by atoms with Gasteiger partial charge in [0, 0.05) is 24.8 Å². The fourth-order valence-corrected chi connectivity index (χ4v) is 2.11. The molecule has 1 aromatic heterocycles. The molecule has 23 heavy (non-hydrogen) atoms. The number of aromatic nitrogens is 2. The molecule has 0 saturated heterocycles. The summed E-state index contributed by atoms with van der Waals surface area (Å²) in [5.74, 6) is 0.437. The maximum Gasteiger partial charge on any atom is 0.260 e. The number of ether oxygens (including phenoxy) is 1. The molecule has 0 spiro atoms. The fraction of sp³-hybridized carbons (Fsp3) is 0.353. The Morgan fingerprint density at radius 2 is 2.17 bits per heavy atom. The molecular formula is C17H21N3O3. The number of nitrogens with zero attached hydrogens (tertiary/aromatic N) is 2. The van der Waals surface area contributed by atoms with Crippen molar-refractivity contribution in [2.45, 2.75) is 33.4 Å². The van der Waals surface area contributed by atoms with Crippen LogP contribution >= 0.6 is 0 Å². The minimum absolute atomic E-state index is 0.0988. The molecule has 2 rings (SSSR count). The van der Waals surface area contributed by atoms with Crippen LogP contribution in [0.5, 0.6) is 5.75 Å². The van der Waals surface area contributed by atoms with E-state index in [0.717, 1.165) is 5.56 Å². The van der Waals surface area contributed by atoms with Crippen molar-refractivity contribution in [2.75, 3.05) is 6.54 Å². The van der Waals surface area contributed by atoms with E-state index in [2.05, 4.69) is 10.3 Å². The molecule has 1 atom stereocenters. The van der Waals surface area contributed by atoms with E-state index in [4.69, 9.17) is 4.74 Å². The predicted octanol–water partition coefficient (Wildman–Crippen LogP) is 1.44. The molecule has 2 aromatic rings. The standard InChI is InChI=1S/C17H21N3O3/c1-12-5-4-6-15(9-12)23-14(3)16(21)19-7-8-20-11-18-10-13(2)17(20)22/h4-6,9-11,14H,7-8H2,1-3H3,(H,19,21). The van der Waals surface area contributed by atoms with Crippen LogP contribution in [-0.4, -0.2) is 28.1 Å². The largest absolute Gasteiger partial charge is 0.481 e. The van der Waals surface area contributed by atoms with Gasteiger partial charge in [-0.1, -0.05) is 12.1 Å². The lowest BCUT2D eigenvalue weighted by Crippen LogP contribution is -2.39. The summed E-state index contributed by atoms with van der Waals surface area (Å²) in [7, 11) is 0. The molecule has 6 heteroatoms. The van der Waals surface area contributed by atoms with Crippen molar-refractivity contribution >= 4 is 5.91 Å². The Hall–Kier alpha value is -2.63. The van der Waals surface area contributed by atoms with Gasteiger partial charge >= 0.3 is 0 Å². The van der Waals surface area contributed by atoms with Crippen LogP contribution in [0.15, 0.2) is 41.6 Å². The number of rotatable bonds is 6. The summed E-state index contributed by atoms with van der Waals surface area (Å²) in [5.41, 5.74) is 1.55. The molecule has 122 valence electrons. The maximum absolute atomic E-state index is 12.0. The van der Waals surface area contributed by atoms with Crippen LogP contribution in [0.3, 0.4) is 0 Å². The van der Waals surface area contributed by atoms with Gasteiger partial charge in [0.05, 0.1) is 6.33 Å². The van der Waals surface area contributed by atoms with Crippen LogP contribution in [0.2, 0.25) is 0 Å². The van der Waals surface area contributed by atoms with Gasteiger partial charge < -0.3 is 10.1 Å². The fourth-order valence-electron chi connectivity index (χ4n) is 2.11. The monoisotopic (exact) mass is 315 g/mol. The number of carbonyl (C=O) groups excluding carboxylic acids is 1. The maximum atomic E-state index is 12.0. The summed E-state index contributed by atoms with van der Waals surface area (Å²) in [4.78, 5) is 27.8. The summed E-state index contributed by atoms with van der Waals surface area (Å²) in [6, 6.07) is 7.54. The topological polar surface area (TPSA) is 73.2 Å². The number of hydrogen-bond donors (Lipinski definition) is 1. The molecule has 0 aliphatic rings. The Labute approximate surface area is 135 Å². The number of carbonyl (C=O) groups is 1. The number of hydrogen-bond acceptors (Lipinski definition) is 4. The molecule has 6 nitrogen and oxygen atoms in total. The molecule has 0 saturated carbocycles. The second kappa shape index (κ2) is 7.58. The summed E-state index contributed by atoms with van der Waals surface area (Å²) < 4.78 is 7.08. The van der Waals surface area contributed by atoms with Gasteiger partial charge in [0.15, 0.2) is 6.10 Å². The van der Waals surface area contributed by atoms with Crippen molar-refractivity contribution in [3.05, 3.63) is 58.3 Å². The number of amides is 1. The zero-order chi connectivity index (χ0) is 16.8. The Morgan fingerprint density at radius 1 is 1.39 bits per heavy atom. The number of nitrogens with one attached hydrogen (secondary N) is 1. The normalized spacial score (nSPS) is 11.8. The first-order valence-corrected chi connectivity index (χ1v) is 7.49. The van der Waals surface area contributed by atoms with Gasteiger partial charge in [0.1, 0.15) is 5.75 Å². The Morgan fingerprint density at radius 3 is 2.91 bits per heavy atom. The third kappa shape index (κ3) is 4.67. The van der Waals surface area contributed by atoms with Crippen LogP contribution in [0.4, 0.5) is 0 Å². The first kappa shape index (κ1) is 16.7. The van der Waals surface area contributed by atoms with Crippen LogP contribution in [0.25, 0.3) is 0 Å². The summed E-state index contributed by atoms with van der Waals surface area (Å²) in [6.45, 7) is 6.08. The Kier molecular flexibility index (Phi) is 5.51. The van der Waals surface area contributed by atoms with Gasteiger partial charge in [-0.05, 0) is 38.5 Å². The molecule has 0 bridgehead atoms. The lowest BCUT2D eigenvalue weighted by Gasteiger charge is -2.15. The molecule has 0 radical (unpaired) electrons. The molecule has 1 unspecified atom stereocenters. The smallest absolute Gasteiger partial charge is 0.260 e. The predicted molar refractivity (Wildman–Crippen MR) is 87.5 cm³/mol. The van der Waals surface area contributed by atoms with Crippen LogP contribution in [-0.2, 0) is 11.3 Å². The van der Waals surface area contributed by atoms with Crippen molar-refractivity contribution in [2.24, 2.45) is 0 Å². The van der Waals surface area contributed by atoms with Gasteiger partial charge in [0.25, 0.3) is 11.5 Å². The summed E-state index contributed by atoms with van der Waals surface area (Å²) in [5, 5.41) is 2.76. The minimum Gasteiger partial charge on any atom is -0.481 e. The first-order valence-electron chi connectivity index (χ1n) is 7.49. The molecule has 1 heterocycles. The van der Waals surface area contributed by atoms with E-state index in [1.54, 1.807) is 13.8 Å². The molecule has 0 aliphatic heterocycles. The van der Waals surface area contributed by atoms with E-state index < -0.39 is 6.10 Å². The van der Waals surface area contributed by atoms with Crippen molar-refractivity contribution in [3.8, 4) is 5.75 Å². The molecular weight excluding hydrogens is 294 g/mol. The molecule has 0 fully saturated rings. The molecule has 0 aliphatic carbocycles. The van der Waals surface area contributed by atoms with E-state index in [0.29, 0.717) is 24.4 Å². The quantitative estimate of drug-likeness (QED) is 0.875. The summed E-state index contributed by atoms with van der Waals surface area (Å²) in [6.07, 6.45) is 2.38. The molecule has 1 amide bonds.